The molecule has 0 aliphatic rings. The predicted octanol–water partition coefficient (Wildman–Crippen LogP) is 3.86. The number of hydrogen-bond donors (Lipinski definition) is 1. The Balaban J connectivity index is 2.04. The largest absolute Gasteiger partial charge is 0.411 e. The second-order valence-electron chi connectivity index (χ2n) is 4.31. The summed E-state index contributed by atoms with van der Waals surface area (Å²) in [6.07, 6.45) is 3.53. The van der Waals surface area contributed by atoms with Gasteiger partial charge in [0.1, 0.15) is 0 Å². The quantitative estimate of drug-likeness (QED) is 0.479. The molecule has 0 heterocycles. The third kappa shape index (κ3) is 3.45. The van der Waals surface area contributed by atoms with Crippen LogP contribution in [-0.2, 0) is 6.42 Å². The summed E-state index contributed by atoms with van der Waals surface area (Å²) in [5.41, 5.74) is 2.50. The average molecular weight is 239 g/mol. The van der Waals surface area contributed by atoms with E-state index < -0.39 is 0 Å². The molecule has 2 aromatic carbocycles. The molecule has 0 aromatic heterocycles. The maximum atomic E-state index is 8.76. The van der Waals surface area contributed by atoms with Crippen molar-refractivity contribution in [2.24, 2.45) is 5.16 Å². The van der Waals surface area contributed by atoms with Crippen molar-refractivity contribution in [1.29, 1.82) is 0 Å². The minimum atomic E-state index is 0.163. The summed E-state index contributed by atoms with van der Waals surface area (Å²) < 4.78 is 0. The van der Waals surface area contributed by atoms with Crippen LogP contribution >= 0.6 is 0 Å². The summed E-state index contributed by atoms with van der Waals surface area (Å²) >= 11 is 0. The molecular weight excluding hydrogens is 222 g/mol. The van der Waals surface area contributed by atoms with Crippen molar-refractivity contribution in [2.45, 2.75) is 18.8 Å². The van der Waals surface area contributed by atoms with E-state index in [1.807, 2.05) is 36.4 Å². The molecule has 18 heavy (non-hydrogen) atoms. The second-order valence-corrected chi connectivity index (χ2v) is 4.31. The fourth-order valence-electron chi connectivity index (χ4n) is 2.07. The number of rotatable bonds is 5. The predicted molar refractivity (Wildman–Crippen MR) is 74.2 cm³/mol. The lowest BCUT2D eigenvalue weighted by Crippen LogP contribution is -2.02. The molecule has 0 fully saturated rings. The lowest BCUT2D eigenvalue weighted by molar-refractivity contribution is 0.319. The molecule has 0 saturated carbocycles. The van der Waals surface area contributed by atoms with Gasteiger partial charge < -0.3 is 5.21 Å². The van der Waals surface area contributed by atoms with Crippen LogP contribution in [0.25, 0.3) is 0 Å². The van der Waals surface area contributed by atoms with E-state index in [0.29, 0.717) is 0 Å². The van der Waals surface area contributed by atoms with Crippen LogP contribution in [0.2, 0.25) is 0 Å². The van der Waals surface area contributed by atoms with E-state index in [9.17, 15) is 0 Å². The van der Waals surface area contributed by atoms with Crippen LogP contribution in [-0.4, -0.2) is 11.4 Å². The van der Waals surface area contributed by atoms with Crippen molar-refractivity contribution in [3.05, 3.63) is 71.8 Å². The van der Waals surface area contributed by atoms with Crippen molar-refractivity contribution in [1.82, 2.24) is 0 Å². The van der Waals surface area contributed by atoms with Crippen LogP contribution in [0, 0.1) is 0 Å². The van der Waals surface area contributed by atoms with Gasteiger partial charge in [0.05, 0.1) is 6.21 Å². The molecule has 1 atom stereocenters. The normalized spacial score (nSPS) is 12.7. The highest BCUT2D eigenvalue weighted by Gasteiger charge is 2.08. The molecule has 2 heteroatoms. The van der Waals surface area contributed by atoms with Crippen LogP contribution in [0.1, 0.15) is 23.5 Å². The molecule has 2 aromatic rings. The highest BCUT2D eigenvalue weighted by molar-refractivity contribution is 5.67. The first-order valence-corrected chi connectivity index (χ1v) is 6.16. The van der Waals surface area contributed by atoms with E-state index in [4.69, 9.17) is 5.21 Å². The first-order valence-electron chi connectivity index (χ1n) is 6.16. The highest BCUT2D eigenvalue weighted by atomic mass is 16.4. The molecule has 1 unspecified atom stereocenters. The summed E-state index contributed by atoms with van der Waals surface area (Å²) in [7, 11) is 0. The van der Waals surface area contributed by atoms with Crippen LogP contribution in [0.15, 0.2) is 65.8 Å². The maximum absolute atomic E-state index is 8.76. The summed E-state index contributed by atoms with van der Waals surface area (Å²) in [4.78, 5) is 0. The van der Waals surface area contributed by atoms with Crippen LogP contribution in [0.3, 0.4) is 0 Å². The number of hydrogen-bond acceptors (Lipinski definition) is 2. The van der Waals surface area contributed by atoms with Crippen molar-refractivity contribution < 1.29 is 5.21 Å². The third-order valence-corrected chi connectivity index (χ3v) is 3.06. The van der Waals surface area contributed by atoms with Crippen molar-refractivity contribution in [3.63, 3.8) is 0 Å². The van der Waals surface area contributed by atoms with Gasteiger partial charge in [-0.15, -0.1) is 5.16 Å². The second kappa shape index (κ2) is 6.60. The van der Waals surface area contributed by atoms with Crippen LogP contribution in [0.4, 0.5) is 0 Å². The van der Waals surface area contributed by atoms with Crippen LogP contribution < -0.4 is 0 Å². The molecule has 0 spiro atoms. The lowest BCUT2D eigenvalue weighted by atomic mass is 9.93. The molecule has 0 aliphatic carbocycles. The maximum Gasteiger partial charge on any atom is 0.0510 e. The number of oxime groups is 1. The van der Waals surface area contributed by atoms with Gasteiger partial charge >= 0.3 is 0 Å². The molecule has 0 amide bonds. The molecule has 0 saturated heterocycles. The van der Waals surface area contributed by atoms with E-state index in [-0.39, 0.29) is 5.92 Å². The molecule has 0 aliphatic heterocycles. The minimum Gasteiger partial charge on any atom is -0.411 e. The van der Waals surface area contributed by atoms with Gasteiger partial charge in [-0.25, -0.2) is 0 Å². The van der Waals surface area contributed by atoms with Gasteiger partial charge in [0.15, 0.2) is 0 Å². The standard InChI is InChI=1S/C16H17NO/c18-17-13-16(15-9-5-2-6-10-15)12-11-14-7-3-1-4-8-14/h1-10,13,16,18H,11-12H2. The fraction of sp³-hybridized carbons (Fsp3) is 0.188. The van der Waals surface area contributed by atoms with Gasteiger partial charge in [-0.1, -0.05) is 60.7 Å². The Bertz CT molecular complexity index is 479. The smallest absolute Gasteiger partial charge is 0.0510 e. The lowest BCUT2D eigenvalue weighted by Gasteiger charge is -2.11. The zero-order chi connectivity index (χ0) is 12.6. The average Bonchev–Trinajstić information content (AvgIpc) is 2.45. The van der Waals surface area contributed by atoms with Gasteiger partial charge in [0, 0.05) is 5.92 Å². The minimum absolute atomic E-state index is 0.163. The third-order valence-electron chi connectivity index (χ3n) is 3.06. The van der Waals surface area contributed by atoms with E-state index in [0.717, 1.165) is 12.8 Å². The van der Waals surface area contributed by atoms with E-state index >= 15 is 0 Å². The summed E-state index contributed by atoms with van der Waals surface area (Å²) in [6.45, 7) is 0. The Kier molecular flexibility index (Phi) is 4.53. The first kappa shape index (κ1) is 12.4. The Morgan fingerprint density at radius 3 is 2.17 bits per heavy atom. The van der Waals surface area contributed by atoms with Gasteiger partial charge in [0.2, 0.25) is 0 Å². The van der Waals surface area contributed by atoms with Crippen molar-refractivity contribution >= 4 is 6.21 Å². The van der Waals surface area contributed by atoms with E-state index in [1.54, 1.807) is 6.21 Å². The summed E-state index contributed by atoms with van der Waals surface area (Å²) in [5, 5.41) is 12.0. The Hall–Kier alpha value is -2.09. The number of benzene rings is 2. The van der Waals surface area contributed by atoms with Gasteiger partial charge in [-0.05, 0) is 24.0 Å². The molecule has 2 rings (SSSR count). The van der Waals surface area contributed by atoms with Crippen molar-refractivity contribution in [2.75, 3.05) is 0 Å². The molecule has 0 bridgehead atoms. The monoisotopic (exact) mass is 239 g/mol. The van der Waals surface area contributed by atoms with E-state index in [2.05, 4.69) is 29.4 Å². The Labute approximate surface area is 108 Å². The fourth-order valence-corrected chi connectivity index (χ4v) is 2.07. The van der Waals surface area contributed by atoms with Gasteiger partial charge in [-0.3, -0.25) is 0 Å². The molecule has 2 nitrogen and oxygen atoms in total. The highest BCUT2D eigenvalue weighted by Crippen LogP contribution is 2.19. The Morgan fingerprint density at radius 1 is 0.944 bits per heavy atom. The van der Waals surface area contributed by atoms with Crippen molar-refractivity contribution in [3.8, 4) is 0 Å². The number of aryl methyl sites for hydroxylation is 1. The summed E-state index contributed by atoms with van der Waals surface area (Å²) in [6, 6.07) is 20.5. The van der Waals surface area contributed by atoms with Crippen LogP contribution in [0.5, 0.6) is 0 Å². The topological polar surface area (TPSA) is 32.6 Å². The van der Waals surface area contributed by atoms with Gasteiger partial charge in [-0.2, -0.15) is 0 Å². The molecule has 1 N–H and O–H groups in total. The van der Waals surface area contributed by atoms with Gasteiger partial charge in [0.25, 0.3) is 0 Å². The Morgan fingerprint density at radius 2 is 1.56 bits per heavy atom. The number of nitrogens with zero attached hydrogens (tertiary/aromatic N) is 1. The first-order chi connectivity index (χ1) is 8.90. The zero-order valence-electron chi connectivity index (χ0n) is 10.2. The SMILES string of the molecule is ON=CC(CCc1ccccc1)c1ccccc1. The molecule has 92 valence electrons. The molecular formula is C16H17NO. The summed E-state index contributed by atoms with van der Waals surface area (Å²) in [5.74, 6) is 0.163. The van der Waals surface area contributed by atoms with E-state index in [1.165, 1.54) is 11.1 Å². The zero-order valence-corrected chi connectivity index (χ0v) is 10.2. The molecule has 0 radical (unpaired) electrons.